The summed E-state index contributed by atoms with van der Waals surface area (Å²) in [6.45, 7) is 0. The van der Waals surface area contributed by atoms with Gasteiger partial charge in [-0.2, -0.15) is 0 Å². The van der Waals surface area contributed by atoms with Crippen LogP contribution in [0.5, 0.6) is 0 Å². The van der Waals surface area contributed by atoms with Gasteiger partial charge in [0.2, 0.25) is 0 Å². The van der Waals surface area contributed by atoms with E-state index in [4.69, 9.17) is 8.91 Å². The maximum atomic E-state index is 5.21. The van der Waals surface area contributed by atoms with Gasteiger partial charge in [-0.05, 0) is 0 Å². The molecule has 0 atom stereocenters. The highest BCUT2D eigenvalue weighted by Gasteiger charge is 1.35. The monoisotopic (exact) mass is 190 g/mol. The molecule has 0 aromatic carbocycles. The van der Waals surface area contributed by atoms with Crippen molar-refractivity contribution in [3.8, 4) is 0 Å². The summed E-state index contributed by atoms with van der Waals surface area (Å²) in [6.07, 6.45) is 0. The summed E-state index contributed by atoms with van der Waals surface area (Å²) in [7, 11) is 5.21. The molecule has 2 heteroatoms. The van der Waals surface area contributed by atoms with E-state index in [0.29, 0.717) is 0 Å². The van der Waals surface area contributed by atoms with Crippen LogP contribution in [0.1, 0.15) is 0 Å². The third-order valence-electron chi connectivity index (χ3n) is 0. The highest BCUT2D eigenvalue weighted by Crippen LogP contribution is 2.05. The Morgan fingerprint density at radius 2 is 1.50 bits per heavy atom. The van der Waals surface area contributed by atoms with Crippen LogP contribution in [-0.2, 0) is 0 Å². The molecule has 0 aromatic rings. The van der Waals surface area contributed by atoms with Crippen molar-refractivity contribution in [2.75, 3.05) is 0 Å². The molecule has 26 valence electrons. The van der Waals surface area contributed by atoms with E-state index in [9.17, 15) is 0 Å². The van der Waals surface area contributed by atoms with Crippen molar-refractivity contribution in [3.63, 3.8) is 0 Å². The number of hydrogen-bond donors (Lipinski definition) is 0. The fraction of sp³-hybridized carbons (Fsp3) is 0. The Morgan fingerprint density at radius 1 is 1.50 bits per heavy atom. The van der Waals surface area contributed by atoms with Crippen LogP contribution in [0, 0.1) is 0 Å². The van der Waals surface area contributed by atoms with Crippen LogP contribution in [0.4, 0.5) is 0 Å². The van der Waals surface area contributed by atoms with Crippen molar-refractivity contribution in [3.05, 3.63) is 0 Å². The van der Waals surface area contributed by atoms with E-state index in [1.54, 1.807) is 0 Å². The molecule has 0 saturated carbocycles. The Labute approximate surface area is 35.9 Å². The minimum absolute atomic E-state index is 1.29. The van der Waals surface area contributed by atoms with Gasteiger partial charge in [0.25, 0.3) is 0 Å². The molecule has 0 nitrogen and oxygen atoms in total. The quantitative estimate of drug-likeness (QED) is 0.508. The SMILES string of the molecule is C=I(=C)Cl. The molecule has 0 radical (unpaired) electrons. The van der Waals surface area contributed by atoms with E-state index in [0.717, 1.165) is 0 Å². The maximum Gasteiger partial charge on any atom is -0.0572 e. The van der Waals surface area contributed by atoms with Gasteiger partial charge in [-0.25, -0.2) is 0 Å². The van der Waals surface area contributed by atoms with Crippen LogP contribution in [0.2, 0.25) is 0 Å². The molecule has 0 rings (SSSR count). The van der Waals surface area contributed by atoms with E-state index in [-0.39, 0.29) is 0 Å². The molecule has 0 aliphatic rings. The largest absolute Gasteiger partial charge is 0.0655 e. The van der Waals surface area contributed by atoms with Crippen molar-refractivity contribution < 1.29 is 0 Å². The van der Waals surface area contributed by atoms with E-state index in [2.05, 4.69) is 9.03 Å². The zero-order valence-corrected chi connectivity index (χ0v) is 5.08. The van der Waals surface area contributed by atoms with Crippen LogP contribution in [-0.4, -0.2) is 9.03 Å². The predicted molar refractivity (Wildman–Crippen MR) is 34.1 cm³/mol. The van der Waals surface area contributed by atoms with Gasteiger partial charge in [-0.15, -0.1) is 0 Å². The van der Waals surface area contributed by atoms with Gasteiger partial charge in [0.05, 0.1) is 0 Å². The highest BCUT2D eigenvalue weighted by molar-refractivity contribution is 14.2. The van der Waals surface area contributed by atoms with Crippen LogP contribution in [0.25, 0.3) is 0 Å². The van der Waals surface area contributed by atoms with Crippen molar-refractivity contribution in [1.82, 2.24) is 0 Å². The first kappa shape index (κ1) is 4.76. The Balaban J connectivity index is 3.51. The molecule has 0 spiro atoms. The summed E-state index contributed by atoms with van der Waals surface area (Å²) in [5.74, 6) is 0. The zero-order valence-electron chi connectivity index (χ0n) is 2.17. The van der Waals surface area contributed by atoms with Crippen LogP contribution < -0.4 is 0 Å². The molecule has 0 heterocycles. The average molecular weight is 190 g/mol. The predicted octanol–water partition coefficient (Wildman–Crippen LogP) is 1.51. The zero-order chi connectivity index (χ0) is 3.58. The molecule has 0 aromatic heterocycles. The summed E-state index contributed by atoms with van der Waals surface area (Å²) in [5.41, 5.74) is 0. The molecule has 0 aliphatic heterocycles. The molecule has 0 N–H and O–H groups in total. The normalized spacial score (nSPS) is 8.50. The topological polar surface area (TPSA) is 0 Å². The summed E-state index contributed by atoms with van der Waals surface area (Å²) < 4.78 is 6.90. The van der Waals surface area contributed by atoms with Gasteiger partial charge in [-0.3, -0.25) is 0 Å². The van der Waals surface area contributed by atoms with Gasteiger partial charge >= 0.3 is 0 Å². The molecule has 0 unspecified atom stereocenters. The van der Waals surface area contributed by atoms with Crippen LogP contribution in [0.3, 0.4) is 0 Å². The molecule has 0 saturated heterocycles. The number of rotatable bonds is 0. The molecule has 0 fully saturated rings. The maximum absolute atomic E-state index is 5.21. The first-order valence-corrected chi connectivity index (χ1v) is 6.46. The van der Waals surface area contributed by atoms with Crippen molar-refractivity contribution in [1.29, 1.82) is 0 Å². The Morgan fingerprint density at radius 3 is 1.50 bits per heavy atom. The minimum Gasteiger partial charge on any atom is -0.0655 e. The van der Waals surface area contributed by atoms with Gasteiger partial charge in [0, 0.05) is 0 Å². The fourth-order valence-corrected chi connectivity index (χ4v) is 0. The molecule has 4 heavy (non-hydrogen) atoms. The molecule has 0 amide bonds. The van der Waals surface area contributed by atoms with E-state index < -0.39 is 17.7 Å². The molecule has 0 aliphatic carbocycles. The lowest BCUT2D eigenvalue weighted by Gasteiger charge is -1.48. The second-order valence-corrected chi connectivity index (χ2v) is 5.33. The molecular formula is C2H4ClI. The van der Waals surface area contributed by atoms with Crippen molar-refractivity contribution in [2.45, 2.75) is 0 Å². The second-order valence-electron chi connectivity index (χ2n) is 0.391. The summed E-state index contributed by atoms with van der Waals surface area (Å²) >= 11 is -1.29. The summed E-state index contributed by atoms with van der Waals surface area (Å²) in [5, 5.41) is 0. The van der Waals surface area contributed by atoms with Gasteiger partial charge in [0.15, 0.2) is 0 Å². The number of halogens is 2. The molecule has 0 bridgehead atoms. The first-order valence-electron chi connectivity index (χ1n) is 0.677. The lowest BCUT2D eigenvalue weighted by Crippen LogP contribution is -1.03. The third-order valence-corrected chi connectivity index (χ3v) is 0. The molecular weight excluding hydrogens is 186 g/mol. The second kappa shape index (κ2) is 2.03. The van der Waals surface area contributed by atoms with Crippen molar-refractivity contribution in [2.24, 2.45) is 0 Å². The highest BCUT2D eigenvalue weighted by atomic mass is 127. The smallest absolute Gasteiger partial charge is 0.0572 e. The van der Waals surface area contributed by atoms with E-state index >= 15 is 0 Å². The Hall–Kier alpha value is 0.760. The summed E-state index contributed by atoms with van der Waals surface area (Å²) in [6, 6.07) is 0. The van der Waals surface area contributed by atoms with Gasteiger partial charge in [-0.1, -0.05) is 35.7 Å². The third kappa shape index (κ3) is 14.8. The Bertz CT molecular complexity index is 54.4. The van der Waals surface area contributed by atoms with E-state index in [1.807, 2.05) is 0 Å². The lowest BCUT2D eigenvalue weighted by atomic mass is 12.0. The fourth-order valence-electron chi connectivity index (χ4n) is 0. The summed E-state index contributed by atoms with van der Waals surface area (Å²) in [4.78, 5) is 0. The van der Waals surface area contributed by atoms with Gasteiger partial charge < -0.3 is 0 Å². The van der Waals surface area contributed by atoms with Crippen molar-refractivity contribution >= 4 is 35.7 Å². The van der Waals surface area contributed by atoms with E-state index in [1.165, 1.54) is 0 Å². The number of hydrogen-bond acceptors (Lipinski definition) is 0. The van der Waals surface area contributed by atoms with Crippen LogP contribution >= 0.6 is 26.7 Å². The first-order chi connectivity index (χ1) is 1.73. The minimum atomic E-state index is -1.29. The van der Waals surface area contributed by atoms with Crippen LogP contribution in [0.15, 0.2) is 0 Å². The van der Waals surface area contributed by atoms with Gasteiger partial charge in [0.1, 0.15) is 0 Å². The standard InChI is InChI=1S/C2H4ClI/c1-4(2)3/h1-2H2. The Kier molecular flexibility index (Phi) is 2.41. The lowest BCUT2D eigenvalue weighted by molar-refractivity contribution is 4.88. The average Bonchev–Trinajstić information content (AvgIpc) is 0.811.